The van der Waals surface area contributed by atoms with Crippen molar-refractivity contribution in [2.24, 2.45) is 0 Å². The number of aliphatic carboxylic acids is 1. The Morgan fingerprint density at radius 3 is 2.75 bits per heavy atom. The van der Waals surface area contributed by atoms with Gasteiger partial charge in [-0.1, -0.05) is 6.92 Å². The molecule has 0 bridgehead atoms. The fourth-order valence-corrected chi connectivity index (χ4v) is 3.06. The highest BCUT2D eigenvalue weighted by Gasteiger charge is 2.09. The molecule has 5 heteroatoms. The summed E-state index contributed by atoms with van der Waals surface area (Å²) in [5.41, 5.74) is 0. The molecule has 0 aliphatic rings. The molecule has 3 nitrogen and oxygen atoms in total. The lowest BCUT2D eigenvalue weighted by Gasteiger charge is -2.18. The van der Waals surface area contributed by atoms with Gasteiger partial charge in [-0.15, -0.1) is 11.3 Å². The van der Waals surface area contributed by atoms with Crippen LogP contribution in [0.4, 0.5) is 0 Å². The van der Waals surface area contributed by atoms with Crippen molar-refractivity contribution in [3.05, 3.63) is 20.3 Å². The van der Waals surface area contributed by atoms with Gasteiger partial charge in [0, 0.05) is 27.3 Å². The van der Waals surface area contributed by atoms with Crippen LogP contribution in [0.25, 0.3) is 0 Å². The Balaban J connectivity index is 2.52. The molecule has 1 aromatic heterocycles. The first kappa shape index (κ1) is 13.7. The Kier molecular flexibility index (Phi) is 5.44. The number of carbonyl (C=O) groups is 1. The van der Waals surface area contributed by atoms with Crippen molar-refractivity contribution >= 4 is 33.2 Å². The van der Waals surface area contributed by atoms with Crippen LogP contribution in [0.15, 0.2) is 10.5 Å². The zero-order chi connectivity index (χ0) is 12.1. The van der Waals surface area contributed by atoms with Crippen LogP contribution in [0.5, 0.6) is 0 Å². The van der Waals surface area contributed by atoms with Crippen LogP contribution in [0.3, 0.4) is 0 Å². The van der Waals surface area contributed by atoms with Gasteiger partial charge in [0.05, 0.1) is 6.42 Å². The third kappa shape index (κ3) is 4.23. The van der Waals surface area contributed by atoms with Crippen molar-refractivity contribution in [2.45, 2.75) is 26.8 Å². The van der Waals surface area contributed by atoms with Crippen molar-refractivity contribution in [3.8, 4) is 0 Å². The topological polar surface area (TPSA) is 40.5 Å². The monoisotopic (exact) mass is 305 g/mol. The van der Waals surface area contributed by atoms with Gasteiger partial charge in [-0.25, -0.2) is 0 Å². The summed E-state index contributed by atoms with van der Waals surface area (Å²) in [5, 5.41) is 8.64. The maximum Gasteiger partial charge on any atom is 0.304 e. The van der Waals surface area contributed by atoms with Crippen LogP contribution < -0.4 is 0 Å². The van der Waals surface area contributed by atoms with Crippen LogP contribution in [-0.4, -0.2) is 29.1 Å². The van der Waals surface area contributed by atoms with Crippen molar-refractivity contribution < 1.29 is 9.90 Å². The lowest BCUT2D eigenvalue weighted by atomic mass is 10.3. The van der Waals surface area contributed by atoms with Crippen molar-refractivity contribution in [1.82, 2.24) is 4.90 Å². The van der Waals surface area contributed by atoms with E-state index in [4.69, 9.17) is 5.11 Å². The smallest absolute Gasteiger partial charge is 0.304 e. The van der Waals surface area contributed by atoms with Gasteiger partial charge in [0.15, 0.2) is 0 Å². The Hall–Kier alpha value is -0.390. The van der Waals surface area contributed by atoms with Crippen LogP contribution in [0, 0.1) is 6.92 Å². The van der Waals surface area contributed by atoms with Gasteiger partial charge in [0.25, 0.3) is 0 Å². The standard InChI is InChI=1S/C11H16BrNO2S/c1-3-13(5-4-11(14)15)7-9-6-10(12)8(2)16-9/h6H,3-5,7H2,1-2H3,(H,14,15). The lowest BCUT2D eigenvalue weighted by molar-refractivity contribution is -0.137. The molecule has 0 saturated carbocycles. The van der Waals surface area contributed by atoms with Crippen LogP contribution in [-0.2, 0) is 11.3 Å². The predicted molar refractivity (Wildman–Crippen MR) is 70.0 cm³/mol. The second-order valence-electron chi connectivity index (χ2n) is 3.63. The summed E-state index contributed by atoms with van der Waals surface area (Å²) in [6.07, 6.45) is 0.208. The fourth-order valence-electron chi connectivity index (χ4n) is 1.42. The quantitative estimate of drug-likeness (QED) is 0.878. The normalized spacial score (nSPS) is 11.0. The summed E-state index contributed by atoms with van der Waals surface area (Å²) in [6.45, 7) is 6.45. The molecule has 0 spiro atoms. The van der Waals surface area contributed by atoms with Crippen LogP contribution in [0.1, 0.15) is 23.1 Å². The summed E-state index contributed by atoms with van der Waals surface area (Å²) in [6, 6.07) is 2.11. The van der Waals surface area contributed by atoms with E-state index in [0.29, 0.717) is 6.54 Å². The molecule has 1 heterocycles. The second kappa shape index (κ2) is 6.37. The van der Waals surface area contributed by atoms with E-state index in [0.717, 1.165) is 17.6 Å². The molecule has 0 aliphatic heterocycles. The van der Waals surface area contributed by atoms with Crippen molar-refractivity contribution in [1.29, 1.82) is 0 Å². The second-order valence-corrected chi connectivity index (χ2v) is 5.82. The minimum atomic E-state index is -0.734. The number of nitrogens with zero attached hydrogens (tertiary/aromatic N) is 1. The molecule has 0 aromatic carbocycles. The first-order valence-corrected chi connectivity index (χ1v) is 6.82. The molecule has 90 valence electrons. The van der Waals surface area contributed by atoms with E-state index < -0.39 is 5.97 Å². The lowest BCUT2D eigenvalue weighted by Crippen LogP contribution is -2.25. The highest BCUT2D eigenvalue weighted by molar-refractivity contribution is 9.10. The van der Waals surface area contributed by atoms with E-state index in [1.807, 2.05) is 0 Å². The summed E-state index contributed by atoms with van der Waals surface area (Å²) in [4.78, 5) is 15.2. The number of halogens is 1. The first-order valence-electron chi connectivity index (χ1n) is 5.22. The number of hydrogen-bond acceptors (Lipinski definition) is 3. The van der Waals surface area contributed by atoms with E-state index in [1.165, 1.54) is 9.75 Å². The summed E-state index contributed by atoms with van der Waals surface area (Å²) >= 11 is 5.24. The Morgan fingerprint density at radius 1 is 1.62 bits per heavy atom. The SMILES string of the molecule is CCN(CCC(=O)O)Cc1cc(Br)c(C)s1. The maximum absolute atomic E-state index is 10.5. The minimum Gasteiger partial charge on any atom is -0.481 e. The van der Waals surface area contributed by atoms with Gasteiger partial charge in [-0.3, -0.25) is 9.69 Å². The van der Waals surface area contributed by atoms with Crippen LogP contribution >= 0.6 is 27.3 Å². The molecule has 0 unspecified atom stereocenters. The number of thiophene rings is 1. The third-order valence-corrected chi connectivity index (χ3v) is 4.50. The molecule has 16 heavy (non-hydrogen) atoms. The molecular formula is C11H16BrNO2S. The summed E-state index contributed by atoms with van der Waals surface area (Å²) in [7, 11) is 0. The van der Waals surface area contributed by atoms with E-state index in [-0.39, 0.29) is 6.42 Å². The van der Waals surface area contributed by atoms with Gasteiger partial charge in [-0.05, 0) is 35.5 Å². The molecule has 1 rings (SSSR count). The Morgan fingerprint density at radius 2 is 2.31 bits per heavy atom. The number of rotatable bonds is 6. The molecule has 0 amide bonds. The first-order chi connectivity index (χ1) is 7.52. The predicted octanol–water partition coefficient (Wildman–Crippen LogP) is 3.12. The average molecular weight is 306 g/mol. The minimum absolute atomic E-state index is 0.208. The molecule has 0 radical (unpaired) electrons. The maximum atomic E-state index is 10.5. The van der Waals surface area contributed by atoms with Crippen LogP contribution in [0.2, 0.25) is 0 Å². The van der Waals surface area contributed by atoms with Gasteiger partial charge in [-0.2, -0.15) is 0 Å². The Bertz CT molecular complexity index is 345. The number of hydrogen-bond donors (Lipinski definition) is 1. The third-order valence-electron chi connectivity index (χ3n) is 2.38. The number of aryl methyl sites for hydroxylation is 1. The van der Waals surface area contributed by atoms with Gasteiger partial charge >= 0.3 is 5.97 Å². The van der Waals surface area contributed by atoms with Gasteiger partial charge in [0.2, 0.25) is 0 Å². The molecule has 1 N–H and O–H groups in total. The molecule has 0 atom stereocenters. The molecule has 0 aliphatic carbocycles. The molecule has 1 aromatic rings. The Labute approximate surface area is 108 Å². The van der Waals surface area contributed by atoms with E-state index >= 15 is 0 Å². The van der Waals surface area contributed by atoms with Gasteiger partial charge < -0.3 is 5.11 Å². The average Bonchev–Trinajstić information content (AvgIpc) is 2.52. The largest absolute Gasteiger partial charge is 0.481 e. The highest BCUT2D eigenvalue weighted by atomic mass is 79.9. The zero-order valence-electron chi connectivity index (χ0n) is 9.49. The summed E-state index contributed by atoms with van der Waals surface area (Å²) in [5.74, 6) is -0.734. The van der Waals surface area contributed by atoms with E-state index in [1.54, 1.807) is 11.3 Å². The summed E-state index contributed by atoms with van der Waals surface area (Å²) < 4.78 is 1.14. The number of carboxylic acid groups (broad SMARTS) is 1. The zero-order valence-corrected chi connectivity index (χ0v) is 11.9. The molecule has 0 saturated heterocycles. The molecule has 0 fully saturated rings. The van der Waals surface area contributed by atoms with Crippen molar-refractivity contribution in [2.75, 3.05) is 13.1 Å². The van der Waals surface area contributed by atoms with E-state index in [2.05, 4.69) is 40.7 Å². The molecular weight excluding hydrogens is 290 g/mol. The number of carboxylic acids is 1. The van der Waals surface area contributed by atoms with E-state index in [9.17, 15) is 4.79 Å². The van der Waals surface area contributed by atoms with Crippen molar-refractivity contribution in [3.63, 3.8) is 0 Å². The van der Waals surface area contributed by atoms with Gasteiger partial charge in [0.1, 0.15) is 0 Å². The highest BCUT2D eigenvalue weighted by Crippen LogP contribution is 2.27. The fraction of sp³-hybridized carbons (Fsp3) is 0.545.